The molecule has 2 aromatic carbocycles. The van der Waals surface area contributed by atoms with E-state index in [2.05, 4.69) is 5.32 Å². The molecule has 144 valence electrons. The lowest BCUT2D eigenvalue weighted by Crippen LogP contribution is -2.32. The van der Waals surface area contributed by atoms with Crippen molar-refractivity contribution in [3.8, 4) is 0 Å². The molecule has 0 radical (unpaired) electrons. The molecule has 1 heterocycles. The van der Waals surface area contributed by atoms with Gasteiger partial charge in [-0.3, -0.25) is 19.3 Å². The van der Waals surface area contributed by atoms with Crippen molar-refractivity contribution < 1.29 is 14.4 Å². The lowest BCUT2D eigenvalue weighted by molar-refractivity contribution is -0.136. The summed E-state index contributed by atoms with van der Waals surface area (Å²) in [5, 5.41) is 2.71. The number of anilines is 1. The van der Waals surface area contributed by atoms with Gasteiger partial charge in [-0.25, -0.2) is 0 Å². The number of carbonyl (C=O) groups is 3. The van der Waals surface area contributed by atoms with Crippen LogP contribution in [0.15, 0.2) is 64.4 Å². The molecule has 0 saturated carbocycles. The van der Waals surface area contributed by atoms with Crippen LogP contribution in [0.1, 0.15) is 32.3 Å². The molecule has 1 aliphatic heterocycles. The Hall–Kier alpha value is -2.86. The molecule has 0 spiro atoms. The number of rotatable bonds is 7. The summed E-state index contributed by atoms with van der Waals surface area (Å²) < 4.78 is 0. The number of nitrogens with zero attached hydrogens (tertiary/aromatic N) is 1. The second kappa shape index (κ2) is 8.89. The fourth-order valence-corrected chi connectivity index (χ4v) is 3.99. The summed E-state index contributed by atoms with van der Waals surface area (Å²) in [5.41, 5.74) is 1.74. The molecule has 5 nitrogen and oxygen atoms in total. The van der Waals surface area contributed by atoms with Crippen molar-refractivity contribution in [1.29, 1.82) is 0 Å². The van der Waals surface area contributed by atoms with Crippen molar-refractivity contribution >= 4 is 40.7 Å². The van der Waals surface area contributed by atoms with E-state index in [-0.39, 0.29) is 17.7 Å². The van der Waals surface area contributed by atoms with Crippen LogP contribution in [0.25, 0.3) is 5.57 Å². The van der Waals surface area contributed by atoms with Gasteiger partial charge in [-0.05, 0) is 36.2 Å². The molecule has 0 unspecified atom stereocenters. The normalized spacial score (nSPS) is 14.0. The fourth-order valence-electron chi connectivity index (χ4n) is 2.95. The monoisotopic (exact) mass is 394 g/mol. The summed E-state index contributed by atoms with van der Waals surface area (Å²) in [7, 11) is 0. The summed E-state index contributed by atoms with van der Waals surface area (Å²) in [6.45, 7) is 3.88. The van der Waals surface area contributed by atoms with E-state index >= 15 is 0 Å². The van der Waals surface area contributed by atoms with Crippen molar-refractivity contribution in [2.45, 2.75) is 31.6 Å². The first-order chi connectivity index (χ1) is 13.5. The second-order valence-corrected chi connectivity index (χ2v) is 7.58. The number of thioether (sulfide) groups is 1. The Morgan fingerprint density at radius 3 is 2.29 bits per heavy atom. The number of benzene rings is 2. The third-order valence-electron chi connectivity index (χ3n) is 4.32. The molecular weight excluding hydrogens is 372 g/mol. The highest BCUT2D eigenvalue weighted by atomic mass is 32.2. The predicted octanol–water partition coefficient (Wildman–Crippen LogP) is 4.32. The standard InChI is InChI=1S/C22H22N2O3S/c1-3-4-14-24-21(26)19(16-10-12-17(13-11-16)23-15(2)25)20(22(24)27)28-18-8-6-5-7-9-18/h5-13H,3-4,14H2,1-2H3,(H,23,25). The average molecular weight is 394 g/mol. The van der Waals surface area contributed by atoms with E-state index in [0.717, 1.165) is 17.7 Å². The topological polar surface area (TPSA) is 66.5 Å². The van der Waals surface area contributed by atoms with E-state index in [0.29, 0.717) is 28.3 Å². The van der Waals surface area contributed by atoms with E-state index in [1.807, 2.05) is 37.3 Å². The third-order valence-corrected chi connectivity index (χ3v) is 5.41. The first-order valence-electron chi connectivity index (χ1n) is 9.22. The minimum absolute atomic E-state index is 0.162. The molecule has 0 bridgehead atoms. The Morgan fingerprint density at radius 1 is 1.00 bits per heavy atom. The van der Waals surface area contributed by atoms with E-state index in [1.165, 1.54) is 23.6 Å². The second-order valence-electron chi connectivity index (χ2n) is 6.49. The zero-order valence-electron chi connectivity index (χ0n) is 15.9. The number of amides is 3. The van der Waals surface area contributed by atoms with Gasteiger partial charge in [0.25, 0.3) is 11.8 Å². The van der Waals surface area contributed by atoms with Gasteiger partial charge in [0.15, 0.2) is 0 Å². The van der Waals surface area contributed by atoms with Crippen molar-refractivity contribution in [2.75, 3.05) is 11.9 Å². The van der Waals surface area contributed by atoms with E-state index in [4.69, 9.17) is 0 Å². The molecule has 1 aliphatic rings. The van der Waals surface area contributed by atoms with Crippen molar-refractivity contribution in [3.05, 3.63) is 65.1 Å². The van der Waals surface area contributed by atoms with Gasteiger partial charge in [-0.1, -0.05) is 55.4 Å². The number of imide groups is 1. The molecule has 28 heavy (non-hydrogen) atoms. The first-order valence-corrected chi connectivity index (χ1v) is 10.0. The number of unbranched alkanes of at least 4 members (excludes halogenated alkanes) is 1. The Labute approximate surface area is 168 Å². The van der Waals surface area contributed by atoms with E-state index < -0.39 is 0 Å². The molecule has 1 N–H and O–H groups in total. The molecule has 0 saturated heterocycles. The van der Waals surface area contributed by atoms with Crippen molar-refractivity contribution in [1.82, 2.24) is 4.90 Å². The minimum atomic E-state index is -0.260. The van der Waals surface area contributed by atoms with Gasteiger partial charge >= 0.3 is 0 Å². The Balaban J connectivity index is 1.98. The highest BCUT2D eigenvalue weighted by molar-refractivity contribution is 8.04. The molecular formula is C22H22N2O3S. The Bertz CT molecular complexity index is 921. The molecule has 0 atom stereocenters. The average Bonchev–Trinajstić information content (AvgIpc) is 2.91. The predicted molar refractivity (Wildman–Crippen MR) is 112 cm³/mol. The summed E-state index contributed by atoms with van der Waals surface area (Å²) in [6, 6.07) is 16.6. The van der Waals surface area contributed by atoms with Crippen LogP contribution in [0.3, 0.4) is 0 Å². The SMILES string of the molecule is CCCCN1C(=O)C(Sc2ccccc2)=C(c2ccc(NC(C)=O)cc2)C1=O. The van der Waals surface area contributed by atoms with Gasteiger partial charge in [-0.2, -0.15) is 0 Å². The van der Waals surface area contributed by atoms with Gasteiger partial charge in [0.05, 0.1) is 10.5 Å². The molecule has 0 aromatic heterocycles. The summed E-state index contributed by atoms with van der Waals surface area (Å²) >= 11 is 1.32. The first kappa shape index (κ1) is 19.9. The Morgan fingerprint density at radius 2 is 1.68 bits per heavy atom. The largest absolute Gasteiger partial charge is 0.326 e. The maximum Gasteiger partial charge on any atom is 0.268 e. The summed E-state index contributed by atoms with van der Waals surface area (Å²) in [6.07, 6.45) is 1.68. The van der Waals surface area contributed by atoms with E-state index in [9.17, 15) is 14.4 Å². The smallest absolute Gasteiger partial charge is 0.268 e. The lowest BCUT2D eigenvalue weighted by Gasteiger charge is -2.14. The molecule has 3 rings (SSSR count). The maximum atomic E-state index is 13.0. The number of hydrogen-bond donors (Lipinski definition) is 1. The summed E-state index contributed by atoms with van der Waals surface area (Å²) in [4.78, 5) is 39.9. The van der Waals surface area contributed by atoms with Gasteiger partial charge in [0, 0.05) is 24.1 Å². The fraction of sp³-hybridized carbons (Fsp3) is 0.227. The van der Waals surface area contributed by atoms with Crippen LogP contribution in [0.2, 0.25) is 0 Å². The third kappa shape index (κ3) is 4.34. The molecule has 0 fully saturated rings. The minimum Gasteiger partial charge on any atom is -0.326 e. The number of carbonyl (C=O) groups excluding carboxylic acids is 3. The van der Waals surface area contributed by atoms with Crippen LogP contribution in [-0.2, 0) is 14.4 Å². The van der Waals surface area contributed by atoms with Crippen molar-refractivity contribution in [3.63, 3.8) is 0 Å². The molecule has 2 aromatic rings. The zero-order valence-corrected chi connectivity index (χ0v) is 16.7. The van der Waals surface area contributed by atoms with Gasteiger partial charge < -0.3 is 5.32 Å². The lowest BCUT2D eigenvalue weighted by atomic mass is 10.1. The molecule has 3 amide bonds. The zero-order chi connectivity index (χ0) is 20.1. The maximum absolute atomic E-state index is 13.0. The van der Waals surface area contributed by atoms with Crippen LogP contribution in [0, 0.1) is 0 Å². The number of hydrogen-bond acceptors (Lipinski definition) is 4. The number of nitrogens with one attached hydrogen (secondary N) is 1. The quantitative estimate of drug-likeness (QED) is 0.711. The van der Waals surface area contributed by atoms with Crippen LogP contribution >= 0.6 is 11.8 Å². The highest BCUT2D eigenvalue weighted by Crippen LogP contribution is 2.39. The van der Waals surface area contributed by atoms with Crippen LogP contribution in [0.5, 0.6) is 0 Å². The van der Waals surface area contributed by atoms with Crippen LogP contribution in [-0.4, -0.2) is 29.2 Å². The van der Waals surface area contributed by atoms with E-state index in [1.54, 1.807) is 24.3 Å². The molecule has 6 heteroatoms. The van der Waals surface area contributed by atoms with Crippen LogP contribution in [0.4, 0.5) is 5.69 Å². The Kier molecular flexibility index (Phi) is 6.31. The summed E-state index contributed by atoms with van der Waals surface area (Å²) in [5.74, 6) is -0.664. The van der Waals surface area contributed by atoms with Gasteiger partial charge in [0.1, 0.15) is 0 Å². The molecule has 0 aliphatic carbocycles. The highest BCUT2D eigenvalue weighted by Gasteiger charge is 2.38. The van der Waals surface area contributed by atoms with Gasteiger partial charge in [-0.15, -0.1) is 0 Å². The van der Waals surface area contributed by atoms with Gasteiger partial charge in [0.2, 0.25) is 5.91 Å². The van der Waals surface area contributed by atoms with Crippen LogP contribution < -0.4 is 5.32 Å². The van der Waals surface area contributed by atoms with Crippen molar-refractivity contribution in [2.24, 2.45) is 0 Å².